The van der Waals surface area contributed by atoms with Gasteiger partial charge in [0.25, 0.3) is 0 Å². The van der Waals surface area contributed by atoms with Crippen LogP contribution in [0.4, 0.5) is 0 Å². The summed E-state index contributed by atoms with van der Waals surface area (Å²) in [7, 11) is 0. The Balaban J connectivity index is 2.65. The fraction of sp³-hybridized carbons (Fsp3) is 0.250. The molecule has 0 saturated heterocycles. The predicted octanol–water partition coefficient (Wildman–Crippen LogP) is 1.64. The number of ether oxygens (including phenoxy) is 1. The van der Waals surface area contributed by atoms with Crippen molar-refractivity contribution in [2.75, 3.05) is 6.61 Å². The predicted molar refractivity (Wildman–Crippen MR) is 57.4 cm³/mol. The Hall–Kier alpha value is -1.97. The fourth-order valence-electron chi connectivity index (χ4n) is 1.15. The number of hydrogen-bond donors (Lipinski definition) is 0. The van der Waals surface area contributed by atoms with Crippen LogP contribution in [0, 0.1) is 0 Å². The van der Waals surface area contributed by atoms with E-state index in [2.05, 4.69) is 0 Å². The van der Waals surface area contributed by atoms with Crippen molar-refractivity contribution >= 4 is 18.0 Å². The number of Topliss-reactive ketones (excluding diaryl/α,β-unsaturated/α-hetero) is 1. The zero-order valence-corrected chi connectivity index (χ0v) is 8.93. The van der Waals surface area contributed by atoms with Crippen LogP contribution in [0.15, 0.2) is 24.3 Å². The average Bonchev–Trinajstić information content (AvgIpc) is 2.28. The molecular formula is C12H12O4. The van der Waals surface area contributed by atoms with Gasteiger partial charge in [-0.2, -0.15) is 0 Å². The number of hydrogen-bond acceptors (Lipinski definition) is 4. The van der Waals surface area contributed by atoms with E-state index in [-0.39, 0.29) is 29.9 Å². The minimum Gasteiger partial charge on any atom is -0.462 e. The maximum absolute atomic E-state index is 11.5. The first-order valence-corrected chi connectivity index (χ1v) is 4.86. The molecule has 0 spiro atoms. The average molecular weight is 220 g/mol. The van der Waals surface area contributed by atoms with Gasteiger partial charge in [0.15, 0.2) is 6.29 Å². The van der Waals surface area contributed by atoms with Crippen molar-refractivity contribution in [1.29, 1.82) is 0 Å². The Morgan fingerprint density at radius 3 is 2.62 bits per heavy atom. The van der Waals surface area contributed by atoms with Gasteiger partial charge in [0.1, 0.15) is 5.78 Å². The van der Waals surface area contributed by atoms with Gasteiger partial charge in [-0.15, -0.1) is 0 Å². The molecular weight excluding hydrogens is 208 g/mol. The molecule has 1 rings (SSSR count). The standard InChI is InChI=1S/C12H12O4/c1-9(14)6-7-16-12(15)11-5-3-2-4-10(11)8-13/h2-5,8H,6-7H2,1H3. The molecule has 0 radical (unpaired) electrons. The fourth-order valence-corrected chi connectivity index (χ4v) is 1.15. The second kappa shape index (κ2) is 5.80. The highest BCUT2D eigenvalue weighted by Crippen LogP contribution is 2.08. The molecule has 0 saturated carbocycles. The third-order valence-corrected chi connectivity index (χ3v) is 1.99. The van der Waals surface area contributed by atoms with Crippen molar-refractivity contribution in [2.24, 2.45) is 0 Å². The zero-order valence-electron chi connectivity index (χ0n) is 8.93. The van der Waals surface area contributed by atoms with E-state index >= 15 is 0 Å². The molecule has 1 aromatic carbocycles. The highest BCUT2D eigenvalue weighted by atomic mass is 16.5. The van der Waals surface area contributed by atoms with Gasteiger partial charge in [0.05, 0.1) is 12.2 Å². The van der Waals surface area contributed by atoms with Gasteiger partial charge >= 0.3 is 5.97 Å². The summed E-state index contributed by atoms with van der Waals surface area (Å²) < 4.78 is 4.86. The van der Waals surface area contributed by atoms with Crippen LogP contribution in [-0.2, 0) is 9.53 Å². The van der Waals surface area contributed by atoms with Crippen molar-refractivity contribution in [3.8, 4) is 0 Å². The summed E-state index contributed by atoms with van der Waals surface area (Å²) in [5, 5.41) is 0. The van der Waals surface area contributed by atoms with Crippen LogP contribution in [0.2, 0.25) is 0 Å². The summed E-state index contributed by atoms with van der Waals surface area (Å²) in [6.07, 6.45) is 0.788. The Morgan fingerprint density at radius 1 is 1.31 bits per heavy atom. The lowest BCUT2D eigenvalue weighted by molar-refractivity contribution is -0.117. The van der Waals surface area contributed by atoms with Crippen molar-refractivity contribution in [1.82, 2.24) is 0 Å². The number of ketones is 1. The van der Waals surface area contributed by atoms with E-state index in [1.165, 1.54) is 19.1 Å². The maximum atomic E-state index is 11.5. The summed E-state index contributed by atoms with van der Waals surface area (Å²) in [5.74, 6) is -0.625. The third-order valence-electron chi connectivity index (χ3n) is 1.99. The maximum Gasteiger partial charge on any atom is 0.338 e. The van der Waals surface area contributed by atoms with Gasteiger partial charge in [0, 0.05) is 12.0 Å². The van der Waals surface area contributed by atoms with Gasteiger partial charge in [-0.1, -0.05) is 18.2 Å². The third kappa shape index (κ3) is 3.31. The summed E-state index contributed by atoms with van der Waals surface area (Å²) in [4.78, 5) is 32.8. The second-order valence-electron chi connectivity index (χ2n) is 3.29. The van der Waals surface area contributed by atoms with E-state index in [1.54, 1.807) is 12.1 Å². The first kappa shape index (κ1) is 12.1. The highest BCUT2D eigenvalue weighted by molar-refractivity contribution is 5.98. The van der Waals surface area contributed by atoms with E-state index < -0.39 is 5.97 Å². The van der Waals surface area contributed by atoms with Gasteiger partial charge in [-0.05, 0) is 13.0 Å². The van der Waals surface area contributed by atoms with Crippen LogP contribution in [0.25, 0.3) is 0 Å². The molecule has 1 aromatic rings. The lowest BCUT2D eigenvalue weighted by atomic mass is 10.1. The molecule has 0 aliphatic carbocycles. The van der Waals surface area contributed by atoms with E-state index in [9.17, 15) is 14.4 Å². The van der Waals surface area contributed by atoms with Gasteiger partial charge in [0.2, 0.25) is 0 Å². The van der Waals surface area contributed by atoms with E-state index in [0.29, 0.717) is 6.29 Å². The normalized spacial score (nSPS) is 9.56. The molecule has 0 aliphatic rings. The van der Waals surface area contributed by atoms with Crippen LogP contribution < -0.4 is 0 Å². The molecule has 0 amide bonds. The number of benzene rings is 1. The number of esters is 1. The minimum absolute atomic E-state index is 0.0430. The van der Waals surface area contributed by atoms with Gasteiger partial charge < -0.3 is 4.74 Å². The van der Waals surface area contributed by atoms with E-state index in [1.807, 2.05) is 0 Å². The molecule has 0 aliphatic heterocycles. The molecule has 4 nitrogen and oxygen atoms in total. The van der Waals surface area contributed by atoms with E-state index in [4.69, 9.17) is 4.74 Å². The van der Waals surface area contributed by atoms with Crippen molar-refractivity contribution in [2.45, 2.75) is 13.3 Å². The van der Waals surface area contributed by atoms with Crippen LogP contribution in [-0.4, -0.2) is 24.6 Å². The monoisotopic (exact) mass is 220 g/mol. The molecule has 0 unspecified atom stereocenters. The second-order valence-corrected chi connectivity index (χ2v) is 3.29. The van der Waals surface area contributed by atoms with Crippen LogP contribution in [0.1, 0.15) is 34.1 Å². The lowest BCUT2D eigenvalue weighted by Gasteiger charge is -2.04. The molecule has 16 heavy (non-hydrogen) atoms. The lowest BCUT2D eigenvalue weighted by Crippen LogP contribution is -2.10. The van der Waals surface area contributed by atoms with Crippen molar-refractivity contribution < 1.29 is 19.1 Å². The molecule has 4 heteroatoms. The quantitative estimate of drug-likeness (QED) is 0.559. The molecule has 0 aromatic heterocycles. The molecule has 0 atom stereocenters. The summed E-state index contributed by atoms with van der Waals surface area (Å²) in [6, 6.07) is 6.36. The van der Waals surface area contributed by atoms with Gasteiger partial charge in [-0.25, -0.2) is 4.79 Å². The molecule has 0 N–H and O–H groups in total. The molecule has 0 fully saturated rings. The van der Waals surface area contributed by atoms with Crippen molar-refractivity contribution in [3.63, 3.8) is 0 Å². The summed E-state index contributed by atoms with van der Waals surface area (Å²) in [5.41, 5.74) is 0.511. The summed E-state index contributed by atoms with van der Waals surface area (Å²) in [6.45, 7) is 1.47. The molecule has 0 heterocycles. The van der Waals surface area contributed by atoms with Crippen LogP contribution in [0.3, 0.4) is 0 Å². The first-order chi connectivity index (χ1) is 7.65. The zero-order chi connectivity index (χ0) is 12.0. The Bertz CT molecular complexity index is 409. The number of carbonyl (C=O) groups excluding carboxylic acids is 3. The number of aldehydes is 1. The van der Waals surface area contributed by atoms with Crippen LogP contribution >= 0.6 is 0 Å². The Kier molecular flexibility index (Phi) is 4.39. The highest BCUT2D eigenvalue weighted by Gasteiger charge is 2.11. The van der Waals surface area contributed by atoms with Gasteiger partial charge in [-0.3, -0.25) is 9.59 Å². The van der Waals surface area contributed by atoms with Crippen molar-refractivity contribution in [3.05, 3.63) is 35.4 Å². The SMILES string of the molecule is CC(=O)CCOC(=O)c1ccccc1C=O. The first-order valence-electron chi connectivity index (χ1n) is 4.86. The smallest absolute Gasteiger partial charge is 0.338 e. The number of carbonyl (C=O) groups is 3. The molecule has 84 valence electrons. The Morgan fingerprint density at radius 2 is 2.00 bits per heavy atom. The topological polar surface area (TPSA) is 60.4 Å². The Labute approximate surface area is 93.2 Å². The number of rotatable bonds is 5. The largest absolute Gasteiger partial charge is 0.462 e. The van der Waals surface area contributed by atoms with E-state index in [0.717, 1.165) is 0 Å². The minimum atomic E-state index is -0.580. The summed E-state index contributed by atoms with van der Waals surface area (Å²) >= 11 is 0. The van der Waals surface area contributed by atoms with Crippen LogP contribution in [0.5, 0.6) is 0 Å². The molecule has 0 bridgehead atoms.